The van der Waals surface area contributed by atoms with E-state index in [1.807, 2.05) is 51.4 Å². The SMILES string of the molecule is Cc1ccccc1OCC(=O)NCC(c1ccc2c(c1)CCO2)N(C)C. The minimum absolute atomic E-state index is 0.0169. The molecular weight excluding hydrogens is 328 g/mol. The van der Waals surface area contributed by atoms with Crippen LogP contribution in [0.1, 0.15) is 22.7 Å². The van der Waals surface area contributed by atoms with Crippen LogP contribution in [0.4, 0.5) is 0 Å². The van der Waals surface area contributed by atoms with Crippen molar-refractivity contribution >= 4 is 5.91 Å². The molecule has 2 aromatic rings. The maximum Gasteiger partial charge on any atom is 0.258 e. The summed E-state index contributed by atoms with van der Waals surface area (Å²) in [6.07, 6.45) is 0.944. The smallest absolute Gasteiger partial charge is 0.258 e. The van der Waals surface area contributed by atoms with Gasteiger partial charge in [-0.15, -0.1) is 0 Å². The molecule has 26 heavy (non-hydrogen) atoms. The van der Waals surface area contributed by atoms with Crippen molar-refractivity contribution in [3.05, 3.63) is 59.2 Å². The third kappa shape index (κ3) is 4.35. The Hall–Kier alpha value is -2.53. The van der Waals surface area contributed by atoms with Crippen LogP contribution >= 0.6 is 0 Å². The summed E-state index contributed by atoms with van der Waals surface area (Å²) in [6.45, 7) is 3.26. The van der Waals surface area contributed by atoms with Gasteiger partial charge in [0.2, 0.25) is 0 Å². The molecule has 0 radical (unpaired) electrons. The number of hydrogen-bond acceptors (Lipinski definition) is 4. The van der Waals surface area contributed by atoms with Crippen LogP contribution in [0.25, 0.3) is 0 Å². The Bertz CT molecular complexity index is 774. The number of para-hydroxylation sites is 1. The molecule has 1 atom stereocenters. The van der Waals surface area contributed by atoms with Gasteiger partial charge in [-0.3, -0.25) is 4.79 Å². The number of nitrogens with zero attached hydrogens (tertiary/aromatic N) is 1. The van der Waals surface area contributed by atoms with Crippen LogP contribution in [-0.4, -0.2) is 44.7 Å². The van der Waals surface area contributed by atoms with Crippen molar-refractivity contribution < 1.29 is 14.3 Å². The molecule has 0 spiro atoms. The Morgan fingerprint density at radius 1 is 1.27 bits per heavy atom. The zero-order valence-electron chi connectivity index (χ0n) is 15.6. The number of hydrogen-bond donors (Lipinski definition) is 1. The van der Waals surface area contributed by atoms with Crippen molar-refractivity contribution in [3.63, 3.8) is 0 Å². The van der Waals surface area contributed by atoms with Gasteiger partial charge in [0, 0.05) is 13.0 Å². The number of carbonyl (C=O) groups is 1. The number of fused-ring (bicyclic) bond motifs is 1. The maximum absolute atomic E-state index is 12.2. The largest absolute Gasteiger partial charge is 0.493 e. The molecule has 0 fully saturated rings. The molecular formula is C21H26N2O3. The molecule has 1 unspecified atom stereocenters. The van der Waals surface area contributed by atoms with Gasteiger partial charge in [-0.25, -0.2) is 0 Å². The summed E-state index contributed by atoms with van der Waals surface area (Å²) in [5.74, 6) is 1.59. The number of carbonyl (C=O) groups excluding carboxylic acids is 1. The molecule has 1 N–H and O–H groups in total. The van der Waals surface area contributed by atoms with E-state index in [1.165, 1.54) is 11.1 Å². The van der Waals surface area contributed by atoms with Crippen molar-refractivity contribution in [2.24, 2.45) is 0 Å². The van der Waals surface area contributed by atoms with E-state index >= 15 is 0 Å². The van der Waals surface area contributed by atoms with Gasteiger partial charge in [-0.1, -0.05) is 30.3 Å². The second-order valence-corrected chi connectivity index (χ2v) is 6.80. The summed E-state index contributed by atoms with van der Waals surface area (Å²) in [6, 6.07) is 14.1. The first-order valence-corrected chi connectivity index (χ1v) is 8.92. The average Bonchev–Trinajstić information content (AvgIpc) is 3.09. The Kier molecular flexibility index (Phi) is 5.78. The topological polar surface area (TPSA) is 50.8 Å². The average molecular weight is 354 g/mol. The predicted octanol–water partition coefficient (Wildman–Crippen LogP) is 2.73. The zero-order chi connectivity index (χ0) is 18.5. The molecule has 0 bridgehead atoms. The fourth-order valence-corrected chi connectivity index (χ4v) is 3.14. The molecule has 0 aromatic heterocycles. The van der Waals surface area contributed by atoms with Gasteiger partial charge < -0.3 is 19.7 Å². The van der Waals surface area contributed by atoms with Crippen molar-refractivity contribution in [1.29, 1.82) is 0 Å². The van der Waals surface area contributed by atoms with Crippen molar-refractivity contribution in [2.75, 3.05) is 33.9 Å². The van der Waals surface area contributed by atoms with Gasteiger partial charge in [0.15, 0.2) is 6.61 Å². The highest BCUT2D eigenvalue weighted by Crippen LogP contribution is 2.29. The van der Waals surface area contributed by atoms with Crippen LogP contribution in [0.15, 0.2) is 42.5 Å². The normalized spacial score (nSPS) is 13.8. The van der Waals surface area contributed by atoms with Gasteiger partial charge in [0.1, 0.15) is 11.5 Å². The molecule has 0 aliphatic carbocycles. The number of likely N-dealkylation sites (N-methyl/N-ethyl adjacent to an activating group) is 1. The van der Waals surface area contributed by atoms with E-state index in [9.17, 15) is 4.79 Å². The standard InChI is InChI=1S/C21H26N2O3/c1-15-6-4-5-7-19(15)26-14-21(24)22-13-18(23(2)3)16-8-9-20-17(12-16)10-11-25-20/h4-9,12,18H,10-11,13-14H2,1-3H3,(H,22,24). The minimum Gasteiger partial charge on any atom is -0.493 e. The quantitative estimate of drug-likeness (QED) is 0.831. The summed E-state index contributed by atoms with van der Waals surface area (Å²) in [7, 11) is 4.04. The number of rotatable bonds is 7. The van der Waals surface area contributed by atoms with Gasteiger partial charge in [0.05, 0.1) is 12.6 Å². The summed E-state index contributed by atoms with van der Waals surface area (Å²) < 4.78 is 11.2. The van der Waals surface area contributed by atoms with Gasteiger partial charge in [0.25, 0.3) is 5.91 Å². The Labute approximate surface area is 154 Å². The first-order valence-electron chi connectivity index (χ1n) is 8.92. The number of aryl methyl sites for hydroxylation is 1. The lowest BCUT2D eigenvalue weighted by atomic mass is 10.0. The van der Waals surface area contributed by atoms with Gasteiger partial charge in [-0.2, -0.15) is 0 Å². The summed E-state index contributed by atoms with van der Waals surface area (Å²) in [4.78, 5) is 14.3. The zero-order valence-corrected chi connectivity index (χ0v) is 15.6. The molecule has 1 amide bonds. The van der Waals surface area contributed by atoms with E-state index in [0.717, 1.165) is 30.1 Å². The van der Waals surface area contributed by atoms with Crippen molar-refractivity contribution in [2.45, 2.75) is 19.4 Å². The molecule has 5 nitrogen and oxygen atoms in total. The van der Waals surface area contributed by atoms with Crippen LogP contribution < -0.4 is 14.8 Å². The molecule has 0 saturated heterocycles. The number of ether oxygens (including phenoxy) is 2. The lowest BCUT2D eigenvalue weighted by Gasteiger charge is -2.25. The lowest BCUT2D eigenvalue weighted by molar-refractivity contribution is -0.123. The third-order valence-corrected chi connectivity index (χ3v) is 4.67. The molecule has 5 heteroatoms. The molecule has 1 aliphatic rings. The Morgan fingerprint density at radius 2 is 2.08 bits per heavy atom. The summed E-state index contributed by atoms with van der Waals surface area (Å²) >= 11 is 0. The minimum atomic E-state index is -0.121. The fourth-order valence-electron chi connectivity index (χ4n) is 3.14. The van der Waals surface area contributed by atoms with E-state index in [-0.39, 0.29) is 18.6 Å². The number of benzene rings is 2. The highest BCUT2D eigenvalue weighted by Gasteiger charge is 2.19. The van der Waals surface area contributed by atoms with Crippen LogP contribution in [0, 0.1) is 6.92 Å². The first-order chi connectivity index (χ1) is 12.5. The monoisotopic (exact) mass is 354 g/mol. The molecule has 2 aromatic carbocycles. The van der Waals surface area contributed by atoms with E-state index in [1.54, 1.807) is 0 Å². The molecule has 138 valence electrons. The number of nitrogens with one attached hydrogen (secondary N) is 1. The second kappa shape index (κ2) is 8.23. The van der Waals surface area contributed by atoms with Gasteiger partial charge in [-0.05, 0) is 49.8 Å². The molecule has 1 aliphatic heterocycles. The predicted molar refractivity (Wildman–Crippen MR) is 102 cm³/mol. The highest BCUT2D eigenvalue weighted by molar-refractivity contribution is 5.77. The molecule has 3 rings (SSSR count). The van der Waals surface area contributed by atoms with Crippen LogP contribution in [-0.2, 0) is 11.2 Å². The van der Waals surface area contributed by atoms with Crippen LogP contribution in [0.3, 0.4) is 0 Å². The second-order valence-electron chi connectivity index (χ2n) is 6.80. The molecule has 0 saturated carbocycles. The summed E-state index contributed by atoms with van der Waals surface area (Å²) in [5, 5.41) is 2.98. The van der Waals surface area contributed by atoms with Crippen molar-refractivity contribution in [1.82, 2.24) is 10.2 Å². The molecule has 1 heterocycles. The van der Waals surface area contributed by atoms with Crippen LogP contribution in [0.2, 0.25) is 0 Å². The fraction of sp³-hybridized carbons (Fsp3) is 0.381. The van der Waals surface area contributed by atoms with E-state index in [2.05, 4.69) is 22.3 Å². The van der Waals surface area contributed by atoms with Gasteiger partial charge >= 0.3 is 0 Å². The highest BCUT2D eigenvalue weighted by atomic mass is 16.5. The van der Waals surface area contributed by atoms with Crippen LogP contribution in [0.5, 0.6) is 11.5 Å². The Balaban J connectivity index is 1.57. The van der Waals surface area contributed by atoms with E-state index in [0.29, 0.717) is 6.54 Å². The van der Waals surface area contributed by atoms with E-state index < -0.39 is 0 Å². The number of amides is 1. The first kappa shape index (κ1) is 18.3. The van der Waals surface area contributed by atoms with Crippen molar-refractivity contribution in [3.8, 4) is 11.5 Å². The summed E-state index contributed by atoms with van der Waals surface area (Å²) in [5.41, 5.74) is 3.44. The van der Waals surface area contributed by atoms with E-state index in [4.69, 9.17) is 9.47 Å². The lowest BCUT2D eigenvalue weighted by Crippen LogP contribution is -2.37. The third-order valence-electron chi connectivity index (χ3n) is 4.67. The maximum atomic E-state index is 12.2. The Morgan fingerprint density at radius 3 is 2.85 bits per heavy atom.